The lowest BCUT2D eigenvalue weighted by molar-refractivity contribution is -0.0863. The maximum absolute atomic E-state index is 9.82. The fraction of sp³-hybridized carbons (Fsp3) is 1.00. The third kappa shape index (κ3) is 1.30. The lowest BCUT2D eigenvalue weighted by Gasteiger charge is -2.29. The van der Waals surface area contributed by atoms with E-state index in [1.54, 1.807) is 0 Å². The fourth-order valence-electron chi connectivity index (χ4n) is 1.94. The Bertz CT molecular complexity index is 146. The molecule has 1 aliphatic heterocycles. The van der Waals surface area contributed by atoms with Crippen LogP contribution in [0.15, 0.2) is 0 Å². The Kier molecular flexibility index (Phi) is 1.69. The Hall–Kier alpha value is -0.0800. The zero-order valence-corrected chi connectivity index (χ0v) is 7.05. The highest BCUT2D eigenvalue weighted by atomic mass is 16.5. The van der Waals surface area contributed by atoms with Crippen LogP contribution in [0, 0.1) is 5.92 Å². The Morgan fingerprint density at radius 2 is 2.27 bits per heavy atom. The van der Waals surface area contributed by atoms with E-state index in [4.69, 9.17) is 4.74 Å². The summed E-state index contributed by atoms with van der Waals surface area (Å²) in [7, 11) is 0. The van der Waals surface area contributed by atoms with Crippen LogP contribution in [0.5, 0.6) is 0 Å². The standard InChI is InChI=1S/C9H16O2/c1-9(5-2-6-11-9)8(10)7-3-4-7/h7-8,10H,2-6H2,1H3. The number of ether oxygens (including phenoxy) is 1. The van der Waals surface area contributed by atoms with Crippen LogP contribution in [-0.2, 0) is 4.74 Å². The van der Waals surface area contributed by atoms with Gasteiger partial charge in [0.2, 0.25) is 0 Å². The van der Waals surface area contributed by atoms with Crippen LogP contribution in [0.1, 0.15) is 32.6 Å². The second-order valence-corrected chi connectivity index (χ2v) is 4.05. The van der Waals surface area contributed by atoms with Crippen LogP contribution in [0.25, 0.3) is 0 Å². The summed E-state index contributed by atoms with van der Waals surface area (Å²) in [6.45, 7) is 2.88. The van der Waals surface area contributed by atoms with Gasteiger partial charge in [0.1, 0.15) is 0 Å². The first-order chi connectivity index (χ1) is 5.22. The number of aliphatic hydroxyl groups is 1. The SMILES string of the molecule is CC1(C(O)C2CC2)CCCO1. The normalized spacial score (nSPS) is 40.9. The molecule has 1 N–H and O–H groups in total. The lowest BCUT2D eigenvalue weighted by atomic mass is 9.92. The molecule has 2 unspecified atom stereocenters. The smallest absolute Gasteiger partial charge is 0.0915 e. The molecule has 64 valence electrons. The van der Waals surface area contributed by atoms with E-state index in [2.05, 4.69) is 0 Å². The largest absolute Gasteiger partial charge is 0.390 e. The summed E-state index contributed by atoms with van der Waals surface area (Å²) in [6.07, 6.45) is 4.33. The van der Waals surface area contributed by atoms with E-state index in [1.165, 1.54) is 12.8 Å². The predicted molar refractivity (Wildman–Crippen MR) is 42.3 cm³/mol. The molecule has 2 heteroatoms. The van der Waals surface area contributed by atoms with Gasteiger partial charge in [0, 0.05) is 6.61 Å². The summed E-state index contributed by atoms with van der Waals surface area (Å²) in [4.78, 5) is 0. The third-order valence-corrected chi connectivity index (χ3v) is 2.94. The van der Waals surface area contributed by atoms with Crippen molar-refractivity contribution in [3.63, 3.8) is 0 Å². The van der Waals surface area contributed by atoms with Crippen LogP contribution in [0.3, 0.4) is 0 Å². The second kappa shape index (κ2) is 2.46. The Morgan fingerprint density at radius 1 is 1.55 bits per heavy atom. The Morgan fingerprint density at radius 3 is 2.73 bits per heavy atom. The van der Waals surface area contributed by atoms with Crippen LogP contribution < -0.4 is 0 Å². The molecule has 2 aliphatic rings. The first-order valence-corrected chi connectivity index (χ1v) is 4.54. The molecule has 0 radical (unpaired) electrons. The Labute approximate surface area is 67.6 Å². The summed E-state index contributed by atoms with van der Waals surface area (Å²) in [5.74, 6) is 0.540. The quantitative estimate of drug-likeness (QED) is 0.653. The van der Waals surface area contributed by atoms with Crippen LogP contribution in [0.4, 0.5) is 0 Å². The minimum atomic E-state index is -0.207. The zero-order chi connectivity index (χ0) is 7.90. The summed E-state index contributed by atoms with van der Waals surface area (Å²) in [6, 6.07) is 0. The molecule has 0 spiro atoms. The summed E-state index contributed by atoms with van der Waals surface area (Å²) >= 11 is 0. The van der Waals surface area contributed by atoms with Crippen molar-refractivity contribution in [3.8, 4) is 0 Å². The zero-order valence-electron chi connectivity index (χ0n) is 7.05. The molecule has 0 aromatic rings. The average molecular weight is 156 g/mol. The second-order valence-electron chi connectivity index (χ2n) is 4.05. The molecule has 1 aliphatic carbocycles. The summed E-state index contributed by atoms with van der Waals surface area (Å²) in [5, 5.41) is 9.82. The molecule has 0 amide bonds. The van der Waals surface area contributed by atoms with Gasteiger partial charge in [-0.2, -0.15) is 0 Å². The van der Waals surface area contributed by atoms with E-state index in [0.29, 0.717) is 5.92 Å². The van der Waals surface area contributed by atoms with Gasteiger partial charge in [-0.05, 0) is 38.5 Å². The van der Waals surface area contributed by atoms with Crippen molar-refractivity contribution in [1.82, 2.24) is 0 Å². The molecule has 0 aromatic carbocycles. The molecule has 2 atom stereocenters. The van der Waals surface area contributed by atoms with Gasteiger partial charge < -0.3 is 9.84 Å². The van der Waals surface area contributed by atoms with Gasteiger partial charge in [0.15, 0.2) is 0 Å². The van der Waals surface area contributed by atoms with Crippen LogP contribution >= 0.6 is 0 Å². The lowest BCUT2D eigenvalue weighted by Crippen LogP contribution is -2.39. The molecule has 2 nitrogen and oxygen atoms in total. The molecule has 1 heterocycles. The molecule has 1 saturated heterocycles. The van der Waals surface area contributed by atoms with E-state index in [9.17, 15) is 5.11 Å². The van der Waals surface area contributed by atoms with E-state index < -0.39 is 0 Å². The van der Waals surface area contributed by atoms with Gasteiger partial charge in [0.25, 0.3) is 0 Å². The molecule has 0 bridgehead atoms. The molecule has 2 fully saturated rings. The Balaban J connectivity index is 1.99. The van der Waals surface area contributed by atoms with E-state index in [-0.39, 0.29) is 11.7 Å². The predicted octanol–water partition coefficient (Wildman–Crippen LogP) is 1.33. The first-order valence-electron chi connectivity index (χ1n) is 4.54. The molecule has 0 aromatic heterocycles. The van der Waals surface area contributed by atoms with Crippen molar-refractivity contribution in [2.24, 2.45) is 5.92 Å². The molecule has 11 heavy (non-hydrogen) atoms. The molecule has 1 saturated carbocycles. The van der Waals surface area contributed by atoms with Gasteiger partial charge in [-0.25, -0.2) is 0 Å². The van der Waals surface area contributed by atoms with Crippen LogP contribution in [-0.4, -0.2) is 23.4 Å². The van der Waals surface area contributed by atoms with Crippen molar-refractivity contribution in [2.45, 2.75) is 44.3 Å². The molecular weight excluding hydrogens is 140 g/mol. The number of rotatable bonds is 2. The van der Waals surface area contributed by atoms with Gasteiger partial charge >= 0.3 is 0 Å². The highest BCUT2D eigenvalue weighted by molar-refractivity contribution is 4.96. The van der Waals surface area contributed by atoms with E-state index >= 15 is 0 Å². The minimum Gasteiger partial charge on any atom is -0.390 e. The van der Waals surface area contributed by atoms with Crippen LogP contribution in [0.2, 0.25) is 0 Å². The molecular formula is C9H16O2. The van der Waals surface area contributed by atoms with E-state index in [1.807, 2.05) is 6.92 Å². The summed E-state index contributed by atoms with van der Waals surface area (Å²) in [5.41, 5.74) is -0.207. The monoisotopic (exact) mass is 156 g/mol. The number of hydrogen-bond acceptors (Lipinski definition) is 2. The van der Waals surface area contributed by atoms with Gasteiger partial charge in [-0.1, -0.05) is 0 Å². The third-order valence-electron chi connectivity index (χ3n) is 2.94. The van der Waals surface area contributed by atoms with Crippen molar-refractivity contribution >= 4 is 0 Å². The topological polar surface area (TPSA) is 29.5 Å². The average Bonchev–Trinajstić information content (AvgIpc) is 2.74. The van der Waals surface area contributed by atoms with Gasteiger partial charge in [0.05, 0.1) is 11.7 Å². The number of hydrogen-bond donors (Lipinski definition) is 1. The maximum Gasteiger partial charge on any atom is 0.0915 e. The summed E-state index contributed by atoms with van der Waals surface area (Å²) < 4.78 is 5.55. The van der Waals surface area contributed by atoms with Crippen molar-refractivity contribution < 1.29 is 9.84 Å². The van der Waals surface area contributed by atoms with Crippen molar-refractivity contribution in [3.05, 3.63) is 0 Å². The highest BCUT2D eigenvalue weighted by Crippen LogP contribution is 2.41. The van der Waals surface area contributed by atoms with E-state index in [0.717, 1.165) is 19.4 Å². The first kappa shape index (κ1) is 7.56. The van der Waals surface area contributed by atoms with Gasteiger partial charge in [-0.3, -0.25) is 0 Å². The van der Waals surface area contributed by atoms with Crippen molar-refractivity contribution in [1.29, 1.82) is 0 Å². The minimum absolute atomic E-state index is 0.204. The maximum atomic E-state index is 9.82. The highest BCUT2D eigenvalue weighted by Gasteiger charge is 2.45. The molecule has 2 rings (SSSR count). The fourth-order valence-corrected chi connectivity index (χ4v) is 1.94. The number of aliphatic hydroxyl groups excluding tert-OH is 1. The van der Waals surface area contributed by atoms with Crippen molar-refractivity contribution in [2.75, 3.05) is 6.61 Å². The van der Waals surface area contributed by atoms with Gasteiger partial charge in [-0.15, -0.1) is 0 Å².